The van der Waals surface area contributed by atoms with Gasteiger partial charge in [-0.1, -0.05) is 66.2 Å². The summed E-state index contributed by atoms with van der Waals surface area (Å²) in [6.07, 6.45) is 0. The van der Waals surface area contributed by atoms with Crippen molar-refractivity contribution in [1.29, 1.82) is 0 Å². The van der Waals surface area contributed by atoms with E-state index in [0.29, 0.717) is 23.9 Å². The number of carbonyl (C=O) groups is 1. The molecule has 0 aliphatic carbocycles. The minimum Gasteiger partial charge on any atom is -0.332 e. The maximum Gasteiger partial charge on any atom is 0.272 e. The van der Waals surface area contributed by atoms with Crippen LogP contribution in [0.25, 0.3) is 10.8 Å². The van der Waals surface area contributed by atoms with Crippen LogP contribution < -0.4 is 0 Å². The van der Waals surface area contributed by atoms with E-state index in [4.69, 9.17) is 11.6 Å². The van der Waals surface area contributed by atoms with E-state index >= 15 is 0 Å². The second-order valence-corrected chi connectivity index (χ2v) is 6.89. The van der Waals surface area contributed by atoms with Crippen LogP contribution in [0, 0.1) is 0 Å². The van der Waals surface area contributed by atoms with Crippen LogP contribution in [0.1, 0.15) is 16.1 Å². The highest BCUT2D eigenvalue weighted by Crippen LogP contribution is 2.23. The van der Waals surface area contributed by atoms with Gasteiger partial charge in [-0.2, -0.15) is 0 Å². The smallest absolute Gasteiger partial charge is 0.272 e. The second kappa shape index (κ2) is 8.30. The molecular formula is C21H22ClN3O. The molecule has 3 rings (SSSR count). The van der Waals surface area contributed by atoms with Crippen molar-refractivity contribution in [3.63, 3.8) is 0 Å². The number of benzene rings is 2. The van der Waals surface area contributed by atoms with E-state index in [2.05, 4.69) is 9.88 Å². The van der Waals surface area contributed by atoms with Crippen molar-refractivity contribution in [3.05, 3.63) is 77.1 Å². The second-order valence-electron chi connectivity index (χ2n) is 6.54. The molecule has 0 bridgehead atoms. The number of rotatable bonds is 6. The zero-order valence-electron chi connectivity index (χ0n) is 15.0. The van der Waals surface area contributed by atoms with Gasteiger partial charge in [0.1, 0.15) is 10.8 Å². The Balaban J connectivity index is 1.91. The fraction of sp³-hybridized carbons (Fsp3) is 0.238. The van der Waals surface area contributed by atoms with E-state index in [1.54, 1.807) is 0 Å². The molecule has 134 valence electrons. The molecule has 0 spiro atoms. The molecule has 0 saturated carbocycles. The zero-order valence-corrected chi connectivity index (χ0v) is 15.8. The first-order valence-electron chi connectivity index (χ1n) is 8.58. The molecule has 1 amide bonds. The van der Waals surface area contributed by atoms with Crippen molar-refractivity contribution < 1.29 is 4.79 Å². The van der Waals surface area contributed by atoms with Gasteiger partial charge in [0.25, 0.3) is 5.91 Å². The summed E-state index contributed by atoms with van der Waals surface area (Å²) in [7, 11) is 3.99. The largest absolute Gasteiger partial charge is 0.332 e. The molecule has 2 aromatic carbocycles. The Kier molecular flexibility index (Phi) is 5.86. The number of carbonyl (C=O) groups excluding carboxylic acids is 1. The highest BCUT2D eigenvalue weighted by molar-refractivity contribution is 6.34. The fourth-order valence-electron chi connectivity index (χ4n) is 2.80. The molecule has 0 atom stereocenters. The summed E-state index contributed by atoms with van der Waals surface area (Å²) in [6, 6.07) is 19.5. The third-order valence-corrected chi connectivity index (χ3v) is 4.52. The lowest BCUT2D eigenvalue weighted by molar-refractivity contribution is 0.0726. The Morgan fingerprint density at radius 1 is 1.00 bits per heavy atom. The number of likely N-dealkylation sites (N-methyl/N-ethyl adjacent to an activating group) is 1. The SMILES string of the molecule is CN(C)CCN(Cc1ccccc1)C(=O)c1cc2ccccc2c(Cl)n1. The van der Waals surface area contributed by atoms with Gasteiger partial charge in [0, 0.05) is 25.0 Å². The van der Waals surface area contributed by atoms with Crippen LogP contribution in [0.3, 0.4) is 0 Å². The molecule has 4 nitrogen and oxygen atoms in total. The van der Waals surface area contributed by atoms with E-state index in [1.165, 1.54) is 0 Å². The van der Waals surface area contributed by atoms with E-state index < -0.39 is 0 Å². The number of hydrogen-bond acceptors (Lipinski definition) is 3. The Morgan fingerprint density at radius 3 is 2.42 bits per heavy atom. The molecule has 0 radical (unpaired) electrons. The van der Waals surface area contributed by atoms with E-state index in [-0.39, 0.29) is 5.91 Å². The maximum atomic E-state index is 13.1. The van der Waals surface area contributed by atoms with Crippen LogP contribution in [0.2, 0.25) is 5.15 Å². The average Bonchev–Trinajstić information content (AvgIpc) is 2.65. The third kappa shape index (κ3) is 4.40. The summed E-state index contributed by atoms with van der Waals surface area (Å²) >= 11 is 6.31. The van der Waals surface area contributed by atoms with Gasteiger partial charge in [-0.05, 0) is 31.1 Å². The van der Waals surface area contributed by atoms with Gasteiger partial charge in [-0.3, -0.25) is 4.79 Å². The molecular weight excluding hydrogens is 346 g/mol. The summed E-state index contributed by atoms with van der Waals surface area (Å²) < 4.78 is 0. The minimum atomic E-state index is -0.108. The van der Waals surface area contributed by atoms with Crippen molar-refractivity contribution in [2.75, 3.05) is 27.2 Å². The van der Waals surface area contributed by atoms with E-state index in [1.807, 2.05) is 79.7 Å². The fourth-order valence-corrected chi connectivity index (χ4v) is 3.07. The molecule has 26 heavy (non-hydrogen) atoms. The summed E-state index contributed by atoms with van der Waals surface area (Å²) in [5.41, 5.74) is 1.47. The molecule has 1 aromatic heterocycles. The summed E-state index contributed by atoms with van der Waals surface area (Å²) in [6.45, 7) is 1.94. The maximum absolute atomic E-state index is 13.1. The number of halogens is 1. The Morgan fingerprint density at radius 2 is 1.69 bits per heavy atom. The topological polar surface area (TPSA) is 36.4 Å². The lowest BCUT2D eigenvalue weighted by Crippen LogP contribution is -2.36. The van der Waals surface area contributed by atoms with E-state index in [9.17, 15) is 4.79 Å². The van der Waals surface area contributed by atoms with Crippen molar-refractivity contribution in [2.45, 2.75) is 6.54 Å². The van der Waals surface area contributed by atoms with Gasteiger partial charge in [0.05, 0.1) is 0 Å². The van der Waals surface area contributed by atoms with Gasteiger partial charge in [-0.15, -0.1) is 0 Å². The molecule has 0 saturated heterocycles. The summed E-state index contributed by atoms with van der Waals surface area (Å²) in [4.78, 5) is 21.4. The molecule has 0 unspecified atom stereocenters. The normalized spacial score (nSPS) is 11.1. The monoisotopic (exact) mass is 367 g/mol. The highest BCUT2D eigenvalue weighted by atomic mass is 35.5. The molecule has 3 aromatic rings. The average molecular weight is 368 g/mol. The molecule has 0 aliphatic heterocycles. The van der Waals surface area contributed by atoms with Gasteiger partial charge < -0.3 is 9.80 Å². The lowest BCUT2D eigenvalue weighted by Gasteiger charge is -2.24. The number of amides is 1. The van der Waals surface area contributed by atoms with Crippen molar-refractivity contribution in [2.24, 2.45) is 0 Å². The number of pyridine rings is 1. The lowest BCUT2D eigenvalue weighted by atomic mass is 10.1. The van der Waals surface area contributed by atoms with Crippen LogP contribution >= 0.6 is 11.6 Å². The van der Waals surface area contributed by atoms with E-state index in [0.717, 1.165) is 22.9 Å². The van der Waals surface area contributed by atoms with Crippen molar-refractivity contribution >= 4 is 28.3 Å². The minimum absolute atomic E-state index is 0.108. The van der Waals surface area contributed by atoms with Crippen LogP contribution in [-0.2, 0) is 6.54 Å². The molecule has 1 heterocycles. The van der Waals surface area contributed by atoms with Crippen LogP contribution in [0.15, 0.2) is 60.7 Å². The Labute approximate surface area is 159 Å². The predicted molar refractivity (Wildman–Crippen MR) is 106 cm³/mol. The first-order chi connectivity index (χ1) is 12.5. The number of nitrogens with zero attached hydrogens (tertiary/aromatic N) is 3. The Bertz CT molecular complexity index is 896. The van der Waals surface area contributed by atoms with Crippen LogP contribution in [-0.4, -0.2) is 47.9 Å². The van der Waals surface area contributed by atoms with Crippen LogP contribution in [0.5, 0.6) is 0 Å². The number of aromatic nitrogens is 1. The molecule has 0 fully saturated rings. The van der Waals surface area contributed by atoms with Crippen LogP contribution in [0.4, 0.5) is 0 Å². The molecule has 0 N–H and O–H groups in total. The molecule has 0 aliphatic rings. The zero-order chi connectivity index (χ0) is 18.5. The first-order valence-corrected chi connectivity index (χ1v) is 8.95. The number of hydrogen-bond donors (Lipinski definition) is 0. The Hall–Kier alpha value is -2.43. The quantitative estimate of drug-likeness (QED) is 0.615. The summed E-state index contributed by atoms with van der Waals surface area (Å²) in [5.74, 6) is -0.108. The van der Waals surface area contributed by atoms with Gasteiger partial charge in [-0.25, -0.2) is 4.98 Å². The highest BCUT2D eigenvalue weighted by Gasteiger charge is 2.19. The predicted octanol–water partition coefficient (Wildman–Crippen LogP) is 4.09. The first kappa shape index (κ1) is 18.4. The number of fused-ring (bicyclic) bond motifs is 1. The summed E-state index contributed by atoms with van der Waals surface area (Å²) in [5, 5.41) is 2.13. The molecule has 5 heteroatoms. The third-order valence-electron chi connectivity index (χ3n) is 4.23. The van der Waals surface area contributed by atoms with Crippen molar-refractivity contribution in [3.8, 4) is 0 Å². The standard InChI is InChI=1S/C21H22ClN3O/c1-24(2)12-13-25(15-16-8-4-3-5-9-16)21(26)19-14-17-10-6-7-11-18(17)20(22)23-19/h3-11,14H,12-13,15H2,1-2H3. The van der Waals surface area contributed by atoms with Gasteiger partial charge >= 0.3 is 0 Å². The van der Waals surface area contributed by atoms with Crippen molar-refractivity contribution in [1.82, 2.24) is 14.8 Å². The van der Waals surface area contributed by atoms with Gasteiger partial charge in [0.2, 0.25) is 0 Å². The van der Waals surface area contributed by atoms with Gasteiger partial charge in [0.15, 0.2) is 0 Å².